The smallest absolute Gasteiger partial charge is 0.337 e. The number of pyridine rings is 1. The van der Waals surface area contributed by atoms with Crippen molar-refractivity contribution in [3.8, 4) is 11.6 Å². The number of halogens is 2. The van der Waals surface area contributed by atoms with Crippen molar-refractivity contribution < 1.29 is 28.5 Å². The van der Waals surface area contributed by atoms with Crippen LogP contribution in [0.4, 0.5) is 4.39 Å². The Morgan fingerprint density at radius 1 is 1.12 bits per heavy atom. The molecular formula is C33H43ClFN3O5. The van der Waals surface area contributed by atoms with E-state index in [1.807, 2.05) is 30.0 Å². The average Bonchev–Trinajstić information content (AvgIpc) is 2.92. The van der Waals surface area contributed by atoms with Crippen molar-refractivity contribution in [3.63, 3.8) is 0 Å². The van der Waals surface area contributed by atoms with Gasteiger partial charge in [0.15, 0.2) is 0 Å². The van der Waals surface area contributed by atoms with Crippen LogP contribution in [0.15, 0.2) is 47.2 Å². The minimum atomic E-state index is -2.47. The lowest BCUT2D eigenvalue weighted by Crippen LogP contribution is -2.59. The predicted octanol–water partition coefficient (Wildman–Crippen LogP) is 6.79. The summed E-state index contributed by atoms with van der Waals surface area (Å²) in [7, 11) is 0. The van der Waals surface area contributed by atoms with E-state index in [2.05, 4.69) is 23.8 Å². The van der Waals surface area contributed by atoms with Crippen LogP contribution in [-0.4, -0.2) is 76.9 Å². The third-order valence-corrected chi connectivity index (χ3v) is 8.25. The molecule has 1 aromatic heterocycles. The van der Waals surface area contributed by atoms with Crippen molar-refractivity contribution in [2.24, 2.45) is 10.4 Å². The number of ether oxygens (including phenoxy) is 3. The number of carboxylic acids is 1. The monoisotopic (exact) mass is 615 g/mol. The van der Waals surface area contributed by atoms with Gasteiger partial charge in [-0.3, -0.25) is 4.99 Å². The van der Waals surface area contributed by atoms with E-state index in [4.69, 9.17) is 25.8 Å². The molecule has 2 aliphatic rings. The zero-order chi connectivity index (χ0) is 31.6. The molecule has 0 radical (unpaired) electrons. The maximum Gasteiger partial charge on any atom is 0.337 e. The summed E-state index contributed by atoms with van der Waals surface area (Å²) in [6.45, 7) is 14.9. The Morgan fingerprint density at radius 3 is 2.37 bits per heavy atom. The molecule has 2 aromatic rings. The molecule has 4 rings (SSSR count). The number of aryl methyl sites for hydroxylation is 1. The van der Waals surface area contributed by atoms with Crippen LogP contribution in [0.1, 0.15) is 65.5 Å². The van der Waals surface area contributed by atoms with Crippen molar-refractivity contribution in [2.45, 2.75) is 78.7 Å². The number of aromatic nitrogens is 1. The third-order valence-electron chi connectivity index (χ3n) is 7.95. The number of carboxylic acid groups (broad SMARTS) is 1. The first-order valence-electron chi connectivity index (χ1n) is 14.7. The van der Waals surface area contributed by atoms with Crippen LogP contribution in [0.5, 0.6) is 11.6 Å². The highest BCUT2D eigenvalue weighted by atomic mass is 35.5. The molecule has 0 saturated carbocycles. The van der Waals surface area contributed by atoms with E-state index in [-0.39, 0.29) is 30.9 Å². The molecule has 0 bridgehead atoms. The Balaban J connectivity index is 1.63. The van der Waals surface area contributed by atoms with Crippen molar-refractivity contribution in [3.05, 3.63) is 58.4 Å². The molecule has 3 heterocycles. The Morgan fingerprint density at radius 2 is 1.79 bits per heavy atom. The molecule has 1 aromatic carbocycles. The number of piperidine rings is 1. The molecule has 0 amide bonds. The number of hydrogen-bond donors (Lipinski definition) is 1. The summed E-state index contributed by atoms with van der Waals surface area (Å²) >= 11 is 6.23. The number of hydrogen-bond acceptors (Lipinski definition) is 7. The molecule has 234 valence electrons. The highest BCUT2D eigenvalue weighted by molar-refractivity contribution is 6.32. The first-order chi connectivity index (χ1) is 20.1. The lowest BCUT2D eigenvalue weighted by Gasteiger charge is -2.47. The van der Waals surface area contributed by atoms with Gasteiger partial charge in [-0.05, 0) is 76.1 Å². The first-order valence-corrected chi connectivity index (χ1v) is 15.1. The minimum Gasteiger partial charge on any atom is -0.488 e. The number of aliphatic carboxylic acids is 1. The van der Waals surface area contributed by atoms with Crippen molar-refractivity contribution in [1.82, 2.24) is 9.88 Å². The number of likely N-dealkylation sites (tertiary alicyclic amines) is 1. The number of alkyl halides is 1. The summed E-state index contributed by atoms with van der Waals surface area (Å²) in [5, 5.41) is 10.8. The highest BCUT2D eigenvalue weighted by Gasteiger charge is 2.56. The number of rotatable bonds is 10. The van der Waals surface area contributed by atoms with Gasteiger partial charge in [-0.1, -0.05) is 37.6 Å². The molecule has 2 atom stereocenters. The fourth-order valence-corrected chi connectivity index (χ4v) is 5.74. The van der Waals surface area contributed by atoms with Crippen LogP contribution in [0, 0.1) is 12.3 Å². The van der Waals surface area contributed by atoms with Gasteiger partial charge in [-0.15, -0.1) is 0 Å². The molecule has 1 fully saturated rings. The second-order valence-electron chi connectivity index (χ2n) is 13.0. The summed E-state index contributed by atoms with van der Waals surface area (Å²) in [5.41, 5.74) is -0.705. The summed E-state index contributed by atoms with van der Waals surface area (Å²) in [4.78, 5) is 23.5. The highest BCUT2D eigenvalue weighted by Crippen LogP contribution is 2.44. The number of nitrogens with zero attached hydrogens (tertiary/aromatic N) is 3. The number of para-hydroxylation sites is 1. The zero-order valence-electron chi connectivity index (χ0n) is 26.2. The predicted molar refractivity (Wildman–Crippen MR) is 167 cm³/mol. The van der Waals surface area contributed by atoms with Gasteiger partial charge in [0.25, 0.3) is 0 Å². The van der Waals surface area contributed by atoms with Crippen LogP contribution >= 0.6 is 11.6 Å². The zero-order valence-corrected chi connectivity index (χ0v) is 26.9. The van der Waals surface area contributed by atoms with Crippen LogP contribution in [0.25, 0.3) is 5.57 Å². The molecule has 1 unspecified atom stereocenters. The van der Waals surface area contributed by atoms with Crippen LogP contribution in [-0.2, 0) is 9.53 Å². The van der Waals surface area contributed by atoms with E-state index in [0.717, 1.165) is 18.4 Å². The van der Waals surface area contributed by atoms with Crippen LogP contribution < -0.4 is 9.47 Å². The molecule has 1 N–H and O–H groups in total. The van der Waals surface area contributed by atoms with E-state index in [9.17, 15) is 9.90 Å². The largest absolute Gasteiger partial charge is 0.488 e. The standard InChI is InChI=1S/C33H43ClFN3O5/c1-21-9-8-10-25(34)27(21)42-18-17-41-26-12-11-23(19-37-26)24-20-36-22(2)33(35,29(30(39)40)43-31(3,4)5)28(24)38-15-13-32(6,7)14-16-38/h8-12,19,29H,13-18,20H2,1-7H3,(H,39,40)/t29-,33?/m0/s1. The first kappa shape index (κ1) is 32.7. The SMILES string of the molecule is CC1=NCC(c2ccc(OCCOc3c(C)cccc3Cl)nc2)=C(N2CCC(C)(C)CC2)C1(F)[C@@H](OC(C)(C)C)C(=O)O. The Kier molecular flexibility index (Phi) is 9.76. The average molecular weight is 616 g/mol. The quantitative estimate of drug-likeness (QED) is 0.294. The van der Waals surface area contributed by atoms with E-state index < -0.39 is 23.3 Å². The molecular weight excluding hydrogens is 573 g/mol. The number of aliphatic imine (C=N–C) groups is 1. The Hall–Kier alpha value is -3.17. The molecule has 8 nitrogen and oxygen atoms in total. The summed E-state index contributed by atoms with van der Waals surface area (Å²) in [6, 6.07) is 9.08. The molecule has 0 spiro atoms. The van der Waals surface area contributed by atoms with Gasteiger partial charge in [0.05, 0.1) is 28.6 Å². The third kappa shape index (κ3) is 7.50. The van der Waals surface area contributed by atoms with E-state index >= 15 is 4.39 Å². The van der Waals surface area contributed by atoms with E-state index in [1.54, 1.807) is 46.0 Å². The van der Waals surface area contributed by atoms with Crippen LogP contribution in [0.3, 0.4) is 0 Å². The van der Waals surface area contributed by atoms with Crippen molar-refractivity contribution >= 4 is 28.9 Å². The van der Waals surface area contributed by atoms with E-state index in [1.165, 1.54) is 0 Å². The summed E-state index contributed by atoms with van der Waals surface area (Å²) in [6.07, 6.45) is 1.52. The van der Waals surface area contributed by atoms with Gasteiger partial charge in [0.2, 0.25) is 17.7 Å². The molecule has 2 aliphatic heterocycles. The Bertz CT molecular complexity index is 1360. The molecule has 10 heteroatoms. The van der Waals surface area contributed by atoms with Gasteiger partial charge in [-0.2, -0.15) is 0 Å². The normalized spacial score (nSPS) is 21.3. The van der Waals surface area contributed by atoms with E-state index in [0.29, 0.717) is 46.6 Å². The fourth-order valence-electron chi connectivity index (χ4n) is 5.47. The minimum absolute atomic E-state index is 0.0920. The van der Waals surface area contributed by atoms with Crippen LogP contribution in [0.2, 0.25) is 5.02 Å². The summed E-state index contributed by atoms with van der Waals surface area (Å²) in [5.74, 6) is -0.375. The second kappa shape index (κ2) is 12.8. The lowest BCUT2D eigenvalue weighted by atomic mass is 9.78. The lowest BCUT2D eigenvalue weighted by molar-refractivity contribution is -0.170. The second-order valence-corrected chi connectivity index (χ2v) is 13.4. The molecule has 0 aliphatic carbocycles. The van der Waals surface area contributed by atoms with Crippen molar-refractivity contribution in [2.75, 3.05) is 32.8 Å². The maximum absolute atomic E-state index is 17.7. The maximum atomic E-state index is 17.7. The topological polar surface area (TPSA) is 93.5 Å². The Labute approximate surface area is 258 Å². The van der Waals surface area contributed by atoms with Gasteiger partial charge in [0.1, 0.15) is 19.0 Å². The fraction of sp³-hybridized carbons (Fsp3) is 0.545. The van der Waals surface area contributed by atoms with Gasteiger partial charge in [0, 0.05) is 30.9 Å². The number of dihydropyridines is 1. The molecule has 1 saturated heterocycles. The number of benzene rings is 1. The van der Waals surface area contributed by atoms with Crippen molar-refractivity contribution in [1.29, 1.82) is 0 Å². The summed E-state index contributed by atoms with van der Waals surface area (Å²) < 4.78 is 35.2. The van der Waals surface area contributed by atoms with Gasteiger partial charge >= 0.3 is 5.97 Å². The molecule has 43 heavy (non-hydrogen) atoms. The van der Waals surface area contributed by atoms with Gasteiger partial charge < -0.3 is 24.2 Å². The van der Waals surface area contributed by atoms with Gasteiger partial charge in [-0.25, -0.2) is 14.2 Å². The number of carbonyl (C=O) groups is 1.